The minimum Gasteiger partial charge on any atom is -0.496 e. The molecule has 4 nitrogen and oxygen atoms in total. The number of aliphatic hydroxyl groups excluding tert-OH is 1. The van der Waals surface area contributed by atoms with Gasteiger partial charge in [-0.3, -0.25) is 0 Å². The molecule has 0 fully saturated rings. The van der Waals surface area contributed by atoms with Crippen LogP contribution in [0.25, 0.3) is 0 Å². The van der Waals surface area contributed by atoms with Crippen LogP contribution in [0.4, 0.5) is 13.2 Å². The lowest BCUT2D eigenvalue weighted by atomic mass is 9.99. The first-order chi connectivity index (χ1) is 8.78. The van der Waals surface area contributed by atoms with Crippen LogP contribution >= 0.6 is 12.4 Å². The van der Waals surface area contributed by atoms with E-state index in [0.29, 0.717) is 12.0 Å². The van der Waals surface area contributed by atoms with Gasteiger partial charge in [0.15, 0.2) is 0 Å². The molecular formula is C12H17ClF3NO3. The summed E-state index contributed by atoms with van der Waals surface area (Å²) in [7, 11) is 1.31. The summed E-state index contributed by atoms with van der Waals surface area (Å²) in [5.74, 6) is -0.256. The zero-order valence-electron chi connectivity index (χ0n) is 11.0. The van der Waals surface area contributed by atoms with E-state index in [2.05, 4.69) is 4.74 Å². The van der Waals surface area contributed by atoms with Crippen molar-refractivity contribution in [1.29, 1.82) is 0 Å². The third-order valence-corrected chi connectivity index (χ3v) is 2.63. The van der Waals surface area contributed by atoms with Crippen molar-refractivity contribution in [3.8, 4) is 11.5 Å². The van der Waals surface area contributed by atoms with Crippen LogP contribution in [0.15, 0.2) is 18.2 Å². The topological polar surface area (TPSA) is 64.7 Å². The number of rotatable bonds is 5. The molecule has 0 aliphatic carbocycles. The van der Waals surface area contributed by atoms with Crippen LogP contribution in [-0.4, -0.2) is 24.7 Å². The van der Waals surface area contributed by atoms with E-state index < -0.39 is 24.3 Å². The Morgan fingerprint density at radius 1 is 1.35 bits per heavy atom. The molecule has 0 radical (unpaired) electrons. The molecule has 0 saturated heterocycles. The Morgan fingerprint density at radius 2 is 1.95 bits per heavy atom. The van der Waals surface area contributed by atoms with Crippen molar-refractivity contribution < 1.29 is 27.8 Å². The van der Waals surface area contributed by atoms with Crippen LogP contribution < -0.4 is 15.2 Å². The van der Waals surface area contributed by atoms with E-state index in [1.165, 1.54) is 13.2 Å². The number of hydrogen-bond acceptors (Lipinski definition) is 4. The van der Waals surface area contributed by atoms with Gasteiger partial charge < -0.3 is 20.3 Å². The minimum absolute atomic E-state index is 0. The van der Waals surface area contributed by atoms with E-state index in [4.69, 9.17) is 10.5 Å². The van der Waals surface area contributed by atoms with Gasteiger partial charge in [0.1, 0.15) is 11.5 Å². The van der Waals surface area contributed by atoms with Crippen molar-refractivity contribution in [3.05, 3.63) is 23.8 Å². The second-order valence-electron chi connectivity index (χ2n) is 3.95. The van der Waals surface area contributed by atoms with Crippen molar-refractivity contribution in [3.63, 3.8) is 0 Å². The molecule has 20 heavy (non-hydrogen) atoms. The Morgan fingerprint density at radius 3 is 2.40 bits per heavy atom. The Balaban J connectivity index is 0.00000361. The molecule has 0 spiro atoms. The third-order valence-electron chi connectivity index (χ3n) is 2.63. The molecular weight excluding hydrogens is 299 g/mol. The van der Waals surface area contributed by atoms with Gasteiger partial charge in [-0.15, -0.1) is 25.6 Å². The quantitative estimate of drug-likeness (QED) is 0.877. The first-order valence-electron chi connectivity index (χ1n) is 5.65. The SMILES string of the molecule is CC[C@H](O)[C@H](N)c1ccc(OC(F)(F)F)cc1OC.Cl. The fourth-order valence-electron chi connectivity index (χ4n) is 1.63. The Bertz CT molecular complexity index is 429. The molecule has 0 aromatic heterocycles. The Hall–Kier alpha value is -1.18. The van der Waals surface area contributed by atoms with Crippen LogP contribution in [0.2, 0.25) is 0 Å². The summed E-state index contributed by atoms with van der Waals surface area (Å²) in [4.78, 5) is 0. The fourth-order valence-corrected chi connectivity index (χ4v) is 1.63. The summed E-state index contributed by atoms with van der Waals surface area (Å²) in [5.41, 5.74) is 6.23. The first-order valence-corrected chi connectivity index (χ1v) is 5.65. The van der Waals surface area contributed by atoms with Gasteiger partial charge in [-0.2, -0.15) is 0 Å². The van der Waals surface area contributed by atoms with Crippen molar-refractivity contribution >= 4 is 12.4 Å². The van der Waals surface area contributed by atoms with Crippen LogP contribution in [0.3, 0.4) is 0 Å². The molecule has 2 atom stereocenters. The number of aliphatic hydroxyl groups is 1. The maximum absolute atomic E-state index is 12.1. The van der Waals surface area contributed by atoms with E-state index >= 15 is 0 Å². The Kier molecular flexibility index (Phi) is 7.12. The van der Waals surface area contributed by atoms with Crippen molar-refractivity contribution in [2.24, 2.45) is 5.73 Å². The van der Waals surface area contributed by atoms with E-state index in [1.54, 1.807) is 6.92 Å². The van der Waals surface area contributed by atoms with Crippen LogP contribution in [0, 0.1) is 0 Å². The van der Waals surface area contributed by atoms with E-state index in [-0.39, 0.29) is 18.2 Å². The van der Waals surface area contributed by atoms with Gasteiger partial charge in [0.25, 0.3) is 0 Å². The maximum Gasteiger partial charge on any atom is 0.573 e. The predicted molar refractivity (Wildman–Crippen MR) is 70.2 cm³/mol. The zero-order chi connectivity index (χ0) is 14.6. The first kappa shape index (κ1) is 18.8. The van der Waals surface area contributed by atoms with Crippen LogP contribution in [0.1, 0.15) is 24.9 Å². The van der Waals surface area contributed by atoms with Gasteiger partial charge in [0.2, 0.25) is 0 Å². The molecule has 0 aliphatic rings. The monoisotopic (exact) mass is 315 g/mol. The van der Waals surface area contributed by atoms with Crippen molar-refractivity contribution in [2.75, 3.05) is 7.11 Å². The number of alkyl halides is 3. The maximum atomic E-state index is 12.1. The highest BCUT2D eigenvalue weighted by Gasteiger charge is 2.31. The van der Waals surface area contributed by atoms with E-state index in [0.717, 1.165) is 12.1 Å². The number of hydrogen-bond donors (Lipinski definition) is 2. The lowest BCUT2D eigenvalue weighted by Gasteiger charge is -2.20. The summed E-state index contributed by atoms with van der Waals surface area (Å²) in [6, 6.07) is 2.84. The summed E-state index contributed by atoms with van der Waals surface area (Å²) < 4.78 is 45.0. The average Bonchev–Trinajstić information content (AvgIpc) is 2.34. The third kappa shape index (κ3) is 5.07. The summed E-state index contributed by atoms with van der Waals surface area (Å²) in [6.07, 6.45) is -5.15. The van der Waals surface area contributed by atoms with Crippen LogP contribution in [0.5, 0.6) is 11.5 Å². The highest BCUT2D eigenvalue weighted by atomic mass is 35.5. The molecule has 3 N–H and O–H groups in total. The second-order valence-corrected chi connectivity index (χ2v) is 3.95. The summed E-state index contributed by atoms with van der Waals surface area (Å²) >= 11 is 0. The lowest BCUT2D eigenvalue weighted by molar-refractivity contribution is -0.274. The Labute approximate surface area is 121 Å². The number of methoxy groups -OCH3 is 1. The molecule has 0 heterocycles. The summed E-state index contributed by atoms with van der Waals surface area (Å²) in [6.45, 7) is 1.75. The van der Waals surface area contributed by atoms with E-state index in [9.17, 15) is 18.3 Å². The van der Waals surface area contributed by atoms with Gasteiger partial charge >= 0.3 is 6.36 Å². The van der Waals surface area contributed by atoms with Gasteiger partial charge in [0, 0.05) is 11.6 Å². The molecule has 0 bridgehead atoms. The molecule has 116 valence electrons. The highest BCUT2D eigenvalue weighted by Crippen LogP contribution is 2.32. The molecule has 0 saturated carbocycles. The number of nitrogens with two attached hydrogens (primary N) is 1. The largest absolute Gasteiger partial charge is 0.573 e. The highest BCUT2D eigenvalue weighted by molar-refractivity contribution is 5.85. The molecule has 0 aliphatic heterocycles. The van der Waals surface area contributed by atoms with Gasteiger partial charge in [0.05, 0.1) is 19.3 Å². The molecule has 0 unspecified atom stereocenters. The normalized spacial score (nSPS) is 14.2. The standard InChI is InChI=1S/C12H16F3NO3.ClH/c1-3-9(17)11(16)8-5-4-7(6-10(8)18-2)19-12(13,14)15;/h4-6,9,11,17H,3,16H2,1-2H3;1H/t9-,11+;/m0./s1. The zero-order valence-corrected chi connectivity index (χ0v) is 11.8. The molecule has 8 heteroatoms. The number of ether oxygens (including phenoxy) is 2. The molecule has 1 aromatic rings. The van der Waals surface area contributed by atoms with Gasteiger partial charge in [-0.1, -0.05) is 6.92 Å². The lowest BCUT2D eigenvalue weighted by Crippen LogP contribution is -2.26. The van der Waals surface area contributed by atoms with Crippen LogP contribution in [-0.2, 0) is 0 Å². The summed E-state index contributed by atoms with van der Waals surface area (Å²) in [5, 5.41) is 9.66. The van der Waals surface area contributed by atoms with Crippen molar-refractivity contribution in [2.45, 2.75) is 31.9 Å². The second kappa shape index (κ2) is 7.56. The average molecular weight is 316 g/mol. The van der Waals surface area contributed by atoms with E-state index in [1.807, 2.05) is 0 Å². The predicted octanol–water partition coefficient (Wildman–Crippen LogP) is 2.79. The smallest absolute Gasteiger partial charge is 0.496 e. The molecule has 1 rings (SSSR count). The number of benzene rings is 1. The van der Waals surface area contributed by atoms with Gasteiger partial charge in [-0.25, -0.2) is 0 Å². The molecule has 0 amide bonds. The number of halogens is 4. The minimum atomic E-state index is -4.77. The van der Waals surface area contributed by atoms with Gasteiger partial charge in [-0.05, 0) is 18.6 Å². The fraction of sp³-hybridized carbons (Fsp3) is 0.500. The molecule has 1 aromatic carbocycles. The van der Waals surface area contributed by atoms with Crippen molar-refractivity contribution in [1.82, 2.24) is 0 Å².